The number of nitrogens with one attached hydrogen (secondary N) is 1. The Labute approximate surface area is 119 Å². The van der Waals surface area contributed by atoms with Gasteiger partial charge in [-0.1, -0.05) is 6.92 Å². The predicted octanol–water partition coefficient (Wildman–Crippen LogP) is 0.847. The third kappa shape index (κ3) is 4.03. The molecule has 1 unspecified atom stereocenters. The van der Waals surface area contributed by atoms with Crippen molar-refractivity contribution in [2.75, 3.05) is 20.2 Å². The van der Waals surface area contributed by atoms with Crippen LogP contribution in [0, 0.1) is 0 Å². The fourth-order valence-electron chi connectivity index (χ4n) is 2.35. The van der Waals surface area contributed by atoms with Crippen molar-refractivity contribution in [3.63, 3.8) is 0 Å². The summed E-state index contributed by atoms with van der Waals surface area (Å²) in [6, 6.07) is 0. The summed E-state index contributed by atoms with van der Waals surface area (Å²) in [6.07, 6.45) is 2.63. The molecule has 114 valence electrons. The van der Waals surface area contributed by atoms with E-state index in [2.05, 4.69) is 5.32 Å². The van der Waals surface area contributed by atoms with Crippen LogP contribution >= 0.6 is 0 Å². The van der Waals surface area contributed by atoms with Crippen molar-refractivity contribution < 1.29 is 19.1 Å². The van der Waals surface area contributed by atoms with Crippen LogP contribution in [-0.4, -0.2) is 48.4 Å². The molecule has 2 amide bonds. The van der Waals surface area contributed by atoms with Crippen molar-refractivity contribution in [2.45, 2.75) is 51.5 Å². The molecule has 1 heterocycles. The molecule has 1 N–H and O–H groups in total. The summed E-state index contributed by atoms with van der Waals surface area (Å²) in [7, 11) is 1.36. The highest BCUT2D eigenvalue weighted by Gasteiger charge is 2.34. The first-order valence-corrected chi connectivity index (χ1v) is 7.11. The molecule has 1 aliphatic rings. The van der Waals surface area contributed by atoms with Crippen LogP contribution in [0.25, 0.3) is 0 Å². The third-order valence-corrected chi connectivity index (χ3v) is 3.61. The van der Waals surface area contributed by atoms with E-state index in [1.807, 2.05) is 6.92 Å². The molecule has 0 saturated carbocycles. The minimum absolute atomic E-state index is 0.115. The van der Waals surface area contributed by atoms with Crippen LogP contribution < -0.4 is 5.32 Å². The van der Waals surface area contributed by atoms with Gasteiger partial charge in [-0.05, 0) is 32.7 Å². The van der Waals surface area contributed by atoms with Gasteiger partial charge in [0, 0.05) is 19.4 Å². The van der Waals surface area contributed by atoms with Gasteiger partial charge in [0.1, 0.15) is 5.54 Å². The molecule has 0 aromatic carbocycles. The second-order valence-electron chi connectivity index (χ2n) is 5.29. The zero-order valence-corrected chi connectivity index (χ0v) is 12.5. The van der Waals surface area contributed by atoms with Gasteiger partial charge in [0.25, 0.3) is 0 Å². The molecule has 1 aliphatic heterocycles. The van der Waals surface area contributed by atoms with Crippen LogP contribution in [0.15, 0.2) is 0 Å². The second kappa shape index (κ2) is 7.38. The van der Waals surface area contributed by atoms with Gasteiger partial charge in [0.2, 0.25) is 11.8 Å². The maximum absolute atomic E-state index is 11.9. The molecule has 0 aromatic heterocycles. The van der Waals surface area contributed by atoms with Crippen molar-refractivity contribution in [3.05, 3.63) is 0 Å². The molecule has 1 saturated heterocycles. The molecule has 0 bridgehead atoms. The SMILES string of the molecule is CCCNC(C)(CCCN1C(=O)CCC1=O)C(=O)OC. The highest BCUT2D eigenvalue weighted by atomic mass is 16.5. The Hall–Kier alpha value is -1.43. The molecule has 1 fully saturated rings. The summed E-state index contributed by atoms with van der Waals surface area (Å²) >= 11 is 0. The molecule has 6 nitrogen and oxygen atoms in total. The largest absolute Gasteiger partial charge is 0.468 e. The van der Waals surface area contributed by atoms with Crippen LogP contribution in [0.4, 0.5) is 0 Å². The number of rotatable bonds is 8. The van der Waals surface area contributed by atoms with Crippen molar-refractivity contribution >= 4 is 17.8 Å². The standard InChI is InChI=1S/C14H24N2O4/c1-4-9-15-14(2,13(19)20-3)8-5-10-16-11(17)6-7-12(16)18/h15H,4-10H2,1-3H3. The lowest BCUT2D eigenvalue weighted by Gasteiger charge is -2.28. The van der Waals surface area contributed by atoms with Crippen LogP contribution in [0.2, 0.25) is 0 Å². The predicted molar refractivity (Wildman–Crippen MR) is 73.9 cm³/mol. The normalized spacial score (nSPS) is 18.2. The van der Waals surface area contributed by atoms with Gasteiger partial charge >= 0.3 is 5.97 Å². The molecular formula is C14H24N2O4. The Balaban J connectivity index is 2.52. The van der Waals surface area contributed by atoms with Gasteiger partial charge in [-0.25, -0.2) is 0 Å². The first-order chi connectivity index (χ1) is 9.44. The van der Waals surface area contributed by atoms with Crippen LogP contribution in [0.1, 0.15) is 46.0 Å². The van der Waals surface area contributed by atoms with Crippen molar-refractivity contribution in [3.8, 4) is 0 Å². The smallest absolute Gasteiger partial charge is 0.325 e. The number of hydrogen-bond acceptors (Lipinski definition) is 5. The lowest BCUT2D eigenvalue weighted by atomic mass is 9.95. The molecule has 1 rings (SSSR count). The van der Waals surface area contributed by atoms with E-state index in [0.29, 0.717) is 38.8 Å². The molecule has 0 radical (unpaired) electrons. The molecule has 1 atom stereocenters. The summed E-state index contributed by atoms with van der Waals surface area (Å²) in [4.78, 5) is 36.2. The quantitative estimate of drug-likeness (QED) is 0.528. The summed E-state index contributed by atoms with van der Waals surface area (Å²) in [5, 5.41) is 3.18. The Morgan fingerprint density at radius 2 is 1.95 bits per heavy atom. The van der Waals surface area contributed by atoms with E-state index >= 15 is 0 Å². The first kappa shape index (κ1) is 16.6. The minimum atomic E-state index is -0.767. The number of likely N-dealkylation sites (tertiary alicyclic amines) is 1. The van der Waals surface area contributed by atoms with Crippen molar-refractivity contribution in [1.82, 2.24) is 10.2 Å². The van der Waals surface area contributed by atoms with E-state index in [1.165, 1.54) is 12.0 Å². The number of imide groups is 1. The van der Waals surface area contributed by atoms with Crippen LogP contribution in [0.5, 0.6) is 0 Å². The summed E-state index contributed by atoms with van der Waals surface area (Å²) in [5.74, 6) is -0.544. The van der Waals surface area contributed by atoms with Crippen LogP contribution in [-0.2, 0) is 19.1 Å². The topological polar surface area (TPSA) is 75.7 Å². The van der Waals surface area contributed by atoms with Gasteiger partial charge in [0.05, 0.1) is 7.11 Å². The van der Waals surface area contributed by atoms with Gasteiger partial charge in [-0.2, -0.15) is 0 Å². The minimum Gasteiger partial charge on any atom is -0.468 e. The van der Waals surface area contributed by atoms with Gasteiger partial charge in [-0.15, -0.1) is 0 Å². The zero-order valence-electron chi connectivity index (χ0n) is 12.5. The van der Waals surface area contributed by atoms with E-state index in [0.717, 1.165) is 6.42 Å². The van der Waals surface area contributed by atoms with E-state index in [-0.39, 0.29) is 17.8 Å². The fraction of sp³-hybridized carbons (Fsp3) is 0.786. The highest BCUT2D eigenvalue weighted by Crippen LogP contribution is 2.18. The van der Waals surface area contributed by atoms with E-state index in [9.17, 15) is 14.4 Å². The Morgan fingerprint density at radius 1 is 1.35 bits per heavy atom. The number of methoxy groups -OCH3 is 1. The molecule has 0 aromatic rings. The maximum atomic E-state index is 11.9. The van der Waals surface area contributed by atoms with E-state index in [1.54, 1.807) is 6.92 Å². The molecule has 0 spiro atoms. The number of carbonyl (C=O) groups excluding carboxylic acids is 3. The molecule has 20 heavy (non-hydrogen) atoms. The number of esters is 1. The van der Waals surface area contributed by atoms with E-state index in [4.69, 9.17) is 4.74 Å². The molecule has 0 aliphatic carbocycles. The lowest BCUT2D eigenvalue weighted by molar-refractivity contribution is -0.148. The summed E-state index contributed by atoms with van der Waals surface area (Å²) in [5.41, 5.74) is -0.767. The number of nitrogens with zero attached hydrogens (tertiary/aromatic N) is 1. The monoisotopic (exact) mass is 284 g/mol. The lowest BCUT2D eigenvalue weighted by Crippen LogP contribution is -2.50. The Bertz CT molecular complexity index is 367. The van der Waals surface area contributed by atoms with E-state index < -0.39 is 5.54 Å². The van der Waals surface area contributed by atoms with Gasteiger partial charge in [0.15, 0.2) is 0 Å². The fourth-order valence-corrected chi connectivity index (χ4v) is 2.35. The Kier molecular flexibility index (Phi) is 6.13. The van der Waals surface area contributed by atoms with Crippen molar-refractivity contribution in [1.29, 1.82) is 0 Å². The van der Waals surface area contributed by atoms with Crippen molar-refractivity contribution in [2.24, 2.45) is 0 Å². The molecular weight excluding hydrogens is 260 g/mol. The van der Waals surface area contributed by atoms with Crippen LogP contribution in [0.3, 0.4) is 0 Å². The average Bonchev–Trinajstić information content (AvgIpc) is 2.75. The summed E-state index contributed by atoms with van der Waals surface area (Å²) in [6.45, 7) is 4.90. The number of hydrogen-bond donors (Lipinski definition) is 1. The second-order valence-corrected chi connectivity index (χ2v) is 5.29. The average molecular weight is 284 g/mol. The highest BCUT2D eigenvalue weighted by molar-refractivity contribution is 6.01. The van der Waals surface area contributed by atoms with Gasteiger partial charge < -0.3 is 10.1 Å². The zero-order chi connectivity index (χ0) is 15.2. The number of ether oxygens (including phenoxy) is 1. The molecule has 6 heteroatoms. The first-order valence-electron chi connectivity index (χ1n) is 7.11. The number of carbonyl (C=O) groups is 3. The maximum Gasteiger partial charge on any atom is 0.325 e. The summed E-state index contributed by atoms with van der Waals surface area (Å²) < 4.78 is 4.83. The number of amides is 2. The Morgan fingerprint density at radius 3 is 2.45 bits per heavy atom. The third-order valence-electron chi connectivity index (χ3n) is 3.61. The van der Waals surface area contributed by atoms with Gasteiger partial charge in [-0.3, -0.25) is 19.3 Å².